The number of pyridine rings is 1. The fourth-order valence-corrected chi connectivity index (χ4v) is 2.31. The standard InChI is InChI=1S/C11H13BrN2OS/c1-7-2-9(4-13-11(7)12)14-5-8(6-16)3-10(14)15/h2,4,8,16H,3,5-6H2,1H3. The highest BCUT2D eigenvalue weighted by Gasteiger charge is 2.29. The lowest BCUT2D eigenvalue weighted by Gasteiger charge is -2.16. The lowest BCUT2D eigenvalue weighted by atomic mass is 10.1. The zero-order chi connectivity index (χ0) is 11.7. The highest BCUT2D eigenvalue weighted by molar-refractivity contribution is 9.10. The van der Waals surface area contributed by atoms with Crippen molar-refractivity contribution in [1.29, 1.82) is 0 Å². The van der Waals surface area contributed by atoms with E-state index in [0.717, 1.165) is 28.2 Å². The van der Waals surface area contributed by atoms with Gasteiger partial charge in [-0.15, -0.1) is 0 Å². The van der Waals surface area contributed by atoms with Crippen molar-refractivity contribution < 1.29 is 4.79 Å². The second-order valence-electron chi connectivity index (χ2n) is 4.06. The van der Waals surface area contributed by atoms with Crippen LogP contribution in [0.15, 0.2) is 16.9 Å². The summed E-state index contributed by atoms with van der Waals surface area (Å²) in [5.74, 6) is 1.29. The Kier molecular flexibility index (Phi) is 3.54. The minimum absolute atomic E-state index is 0.169. The molecule has 0 radical (unpaired) electrons. The molecular weight excluding hydrogens is 288 g/mol. The number of hydrogen-bond donors (Lipinski definition) is 1. The molecule has 0 bridgehead atoms. The van der Waals surface area contributed by atoms with Crippen molar-refractivity contribution in [3.05, 3.63) is 22.4 Å². The second kappa shape index (κ2) is 4.75. The predicted octanol–water partition coefficient (Wildman–Crippen LogP) is 2.44. The number of hydrogen-bond acceptors (Lipinski definition) is 3. The third-order valence-corrected chi connectivity index (χ3v) is 4.12. The summed E-state index contributed by atoms with van der Waals surface area (Å²) in [5, 5.41) is 0. The fourth-order valence-electron chi connectivity index (χ4n) is 1.84. The van der Waals surface area contributed by atoms with E-state index in [-0.39, 0.29) is 5.91 Å². The molecule has 0 spiro atoms. The van der Waals surface area contributed by atoms with Gasteiger partial charge in [-0.05, 0) is 46.2 Å². The molecule has 1 saturated heterocycles. The van der Waals surface area contributed by atoms with Gasteiger partial charge in [0.2, 0.25) is 5.91 Å². The van der Waals surface area contributed by atoms with Crippen LogP contribution in [0.3, 0.4) is 0 Å². The summed E-state index contributed by atoms with van der Waals surface area (Å²) >= 11 is 7.60. The molecule has 1 amide bonds. The van der Waals surface area contributed by atoms with E-state index in [2.05, 4.69) is 33.5 Å². The van der Waals surface area contributed by atoms with Crippen LogP contribution in [-0.4, -0.2) is 23.2 Å². The van der Waals surface area contributed by atoms with Crippen molar-refractivity contribution in [3.8, 4) is 0 Å². The number of nitrogens with zero attached hydrogens (tertiary/aromatic N) is 2. The predicted molar refractivity (Wildman–Crippen MR) is 71.0 cm³/mol. The van der Waals surface area contributed by atoms with Gasteiger partial charge in [0.15, 0.2) is 0 Å². The highest BCUT2D eigenvalue weighted by Crippen LogP contribution is 2.27. The van der Waals surface area contributed by atoms with Crippen molar-refractivity contribution >= 4 is 40.2 Å². The van der Waals surface area contributed by atoms with Crippen molar-refractivity contribution in [2.45, 2.75) is 13.3 Å². The smallest absolute Gasteiger partial charge is 0.227 e. The maximum Gasteiger partial charge on any atom is 0.227 e. The first-order chi connectivity index (χ1) is 7.61. The molecule has 1 aromatic heterocycles. The van der Waals surface area contributed by atoms with E-state index in [1.165, 1.54) is 0 Å². The molecule has 86 valence electrons. The number of aryl methyl sites for hydroxylation is 1. The molecule has 1 aliphatic rings. The number of aromatic nitrogens is 1. The number of halogens is 1. The maximum absolute atomic E-state index is 11.8. The summed E-state index contributed by atoms with van der Waals surface area (Å²) in [7, 11) is 0. The lowest BCUT2D eigenvalue weighted by molar-refractivity contribution is -0.117. The monoisotopic (exact) mass is 300 g/mol. The van der Waals surface area contributed by atoms with E-state index in [1.807, 2.05) is 13.0 Å². The van der Waals surface area contributed by atoms with Crippen LogP contribution < -0.4 is 4.90 Å². The summed E-state index contributed by atoms with van der Waals surface area (Å²) in [6.07, 6.45) is 2.33. The first-order valence-electron chi connectivity index (χ1n) is 5.15. The number of thiol groups is 1. The fraction of sp³-hybridized carbons (Fsp3) is 0.455. The Balaban J connectivity index is 2.24. The number of amides is 1. The maximum atomic E-state index is 11.8. The van der Waals surface area contributed by atoms with Gasteiger partial charge in [0.25, 0.3) is 0 Å². The van der Waals surface area contributed by atoms with Crippen LogP contribution in [0.1, 0.15) is 12.0 Å². The van der Waals surface area contributed by atoms with Crippen LogP contribution in [0.2, 0.25) is 0 Å². The summed E-state index contributed by atoms with van der Waals surface area (Å²) in [5.41, 5.74) is 1.93. The Morgan fingerprint density at radius 2 is 2.44 bits per heavy atom. The normalized spacial score (nSPS) is 20.6. The molecule has 1 unspecified atom stereocenters. The van der Waals surface area contributed by atoms with Gasteiger partial charge in [-0.1, -0.05) is 0 Å². The van der Waals surface area contributed by atoms with Crippen LogP contribution in [-0.2, 0) is 4.79 Å². The minimum Gasteiger partial charge on any atom is -0.311 e. The number of carbonyl (C=O) groups is 1. The van der Waals surface area contributed by atoms with Crippen molar-refractivity contribution in [2.75, 3.05) is 17.2 Å². The molecule has 1 fully saturated rings. The van der Waals surface area contributed by atoms with Crippen LogP contribution in [0.4, 0.5) is 5.69 Å². The SMILES string of the molecule is Cc1cc(N2CC(CS)CC2=O)cnc1Br. The van der Waals surface area contributed by atoms with E-state index in [4.69, 9.17) is 0 Å². The van der Waals surface area contributed by atoms with Gasteiger partial charge in [-0.3, -0.25) is 4.79 Å². The zero-order valence-electron chi connectivity index (χ0n) is 8.98. The zero-order valence-corrected chi connectivity index (χ0v) is 11.5. The first-order valence-corrected chi connectivity index (χ1v) is 6.57. The van der Waals surface area contributed by atoms with Gasteiger partial charge in [-0.25, -0.2) is 4.98 Å². The molecule has 1 atom stereocenters. The van der Waals surface area contributed by atoms with E-state index in [0.29, 0.717) is 12.3 Å². The number of rotatable bonds is 2. The Labute approximate surface area is 109 Å². The first kappa shape index (κ1) is 11.9. The minimum atomic E-state index is 0.169. The van der Waals surface area contributed by atoms with Crippen molar-refractivity contribution in [2.24, 2.45) is 5.92 Å². The summed E-state index contributed by atoms with van der Waals surface area (Å²) in [6.45, 7) is 2.72. The summed E-state index contributed by atoms with van der Waals surface area (Å²) in [6, 6.07) is 1.98. The highest BCUT2D eigenvalue weighted by atomic mass is 79.9. The summed E-state index contributed by atoms with van der Waals surface area (Å²) < 4.78 is 0.827. The Morgan fingerprint density at radius 1 is 1.69 bits per heavy atom. The van der Waals surface area contributed by atoms with Gasteiger partial charge < -0.3 is 4.90 Å². The topological polar surface area (TPSA) is 33.2 Å². The van der Waals surface area contributed by atoms with E-state index in [9.17, 15) is 4.79 Å². The third kappa shape index (κ3) is 2.25. The van der Waals surface area contributed by atoms with E-state index < -0.39 is 0 Å². The van der Waals surface area contributed by atoms with Gasteiger partial charge in [-0.2, -0.15) is 12.6 Å². The quantitative estimate of drug-likeness (QED) is 0.672. The van der Waals surface area contributed by atoms with Crippen molar-refractivity contribution in [1.82, 2.24) is 4.98 Å². The van der Waals surface area contributed by atoms with Gasteiger partial charge in [0.05, 0.1) is 11.9 Å². The van der Waals surface area contributed by atoms with Crippen LogP contribution in [0.25, 0.3) is 0 Å². The molecule has 1 aliphatic heterocycles. The third-order valence-electron chi connectivity index (χ3n) is 2.77. The Bertz CT molecular complexity index is 424. The Hall–Kier alpha value is -0.550. The molecular formula is C11H13BrN2OS. The molecule has 0 aliphatic carbocycles. The van der Waals surface area contributed by atoms with Gasteiger partial charge >= 0.3 is 0 Å². The number of carbonyl (C=O) groups excluding carboxylic acids is 1. The molecule has 0 saturated carbocycles. The molecule has 2 heterocycles. The van der Waals surface area contributed by atoms with Crippen LogP contribution in [0.5, 0.6) is 0 Å². The molecule has 5 heteroatoms. The molecule has 3 nitrogen and oxygen atoms in total. The molecule has 0 aromatic carbocycles. The lowest BCUT2D eigenvalue weighted by Crippen LogP contribution is -2.24. The van der Waals surface area contributed by atoms with E-state index in [1.54, 1.807) is 11.1 Å². The van der Waals surface area contributed by atoms with Crippen molar-refractivity contribution in [3.63, 3.8) is 0 Å². The van der Waals surface area contributed by atoms with E-state index >= 15 is 0 Å². The number of anilines is 1. The Morgan fingerprint density at radius 3 is 3.00 bits per heavy atom. The molecule has 1 aromatic rings. The van der Waals surface area contributed by atoms with Gasteiger partial charge in [0.1, 0.15) is 4.60 Å². The largest absolute Gasteiger partial charge is 0.311 e. The molecule has 16 heavy (non-hydrogen) atoms. The van der Waals surface area contributed by atoms with Crippen LogP contribution in [0, 0.1) is 12.8 Å². The average Bonchev–Trinajstić information content (AvgIpc) is 2.64. The summed E-state index contributed by atoms with van der Waals surface area (Å²) in [4.78, 5) is 17.8. The second-order valence-corrected chi connectivity index (χ2v) is 5.17. The molecule has 2 rings (SSSR count). The van der Waals surface area contributed by atoms with Gasteiger partial charge in [0, 0.05) is 13.0 Å². The molecule has 0 N–H and O–H groups in total. The average molecular weight is 301 g/mol. The van der Waals surface area contributed by atoms with Crippen LogP contribution >= 0.6 is 28.6 Å².